The summed E-state index contributed by atoms with van der Waals surface area (Å²) in [7, 11) is 0. The van der Waals surface area contributed by atoms with Gasteiger partial charge in [-0.1, -0.05) is 17.9 Å². The van der Waals surface area contributed by atoms with Gasteiger partial charge in [0.05, 0.1) is 6.42 Å². The average Bonchev–Trinajstić information content (AvgIpc) is 2.80. The number of nitrogens with two attached hydrogens (primary N) is 1. The van der Waals surface area contributed by atoms with E-state index in [9.17, 15) is 22.8 Å². The van der Waals surface area contributed by atoms with Crippen LogP contribution in [0.25, 0.3) is 11.1 Å². The fraction of sp³-hybridized carbons (Fsp3) is 0.208. The second-order valence-corrected chi connectivity index (χ2v) is 6.96. The first-order valence-corrected chi connectivity index (χ1v) is 9.70. The van der Waals surface area contributed by atoms with Gasteiger partial charge in [-0.2, -0.15) is 13.2 Å². The van der Waals surface area contributed by atoms with E-state index in [4.69, 9.17) is 32.8 Å². The summed E-state index contributed by atoms with van der Waals surface area (Å²) in [6.07, 6.45) is 6.27. The first-order chi connectivity index (χ1) is 16.2. The molecule has 0 aliphatic carbocycles. The fourth-order valence-electron chi connectivity index (χ4n) is 3.35. The van der Waals surface area contributed by atoms with Crippen LogP contribution in [0, 0.1) is 24.7 Å². The normalized spacial score (nSPS) is 14.8. The van der Waals surface area contributed by atoms with Gasteiger partial charge >= 0.3 is 18.1 Å². The molecule has 0 spiro atoms. The molecule has 174 valence electrons. The van der Waals surface area contributed by atoms with Crippen LogP contribution in [0.5, 0.6) is 5.75 Å². The van der Waals surface area contributed by atoms with E-state index in [1.807, 2.05) is 0 Å². The van der Waals surface area contributed by atoms with Gasteiger partial charge in [-0.05, 0) is 35.4 Å². The Hall–Kier alpha value is -4.44. The van der Waals surface area contributed by atoms with Gasteiger partial charge in [-0.15, -0.1) is 12.8 Å². The summed E-state index contributed by atoms with van der Waals surface area (Å²) in [4.78, 5) is 28.3. The minimum absolute atomic E-state index is 0.178. The van der Waals surface area contributed by atoms with Crippen molar-refractivity contribution in [3.05, 3.63) is 59.2 Å². The number of carbonyl (C=O) groups excluding carboxylic acids is 2. The van der Waals surface area contributed by atoms with Crippen LogP contribution in [0.2, 0.25) is 0 Å². The van der Waals surface area contributed by atoms with Gasteiger partial charge in [0.1, 0.15) is 17.0 Å². The van der Waals surface area contributed by atoms with Gasteiger partial charge in [-0.3, -0.25) is 9.78 Å². The highest BCUT2D eigenvalue weighted by Crippen LogP contribution is 2.43. The lowest BCUT2D eigenvalue weighted by Crippen LogP contribution is -2.28. The molecule has 0 saturated carbocycles. The van der Waals surface area contributed by atoms with E-state index >= 15 is 0 Å². The van der Waals surface area contributed by atoms with E-state index in [1.54, 1.807) is 0 Å². The Kier molecular flexibility index (Phi) is 7.12. The minimum atomic E-state index is -4.64. The predicted octanol–water partition coefficient (Wildman–Crippen LogP) is 3.16. The number of fused-ring (bicyclic) bond motifs is 1. The smallest absolute Gasteiger partial charge is 0.433 e. The number of hydrogen-bond acceptors (Lipinski definition) is 7. The van der Waals surface area contributed by atoms with Crippen molar-refractivity contribution < 1.29 is 37.0 Å². The lowest BCUT2D eigenvalue weighted by Gasteiger charge is -2.28. The quantitative estimate of drug-likeness (QED) is 0.511. The third-order valence-corrected chi connectivity index (χ3v) is 4.80. The highest BCUT2D eigenvalue weighted by Gasteiger charge is 2.37. The number of carbonyl (C=O) groups is 2. The summed E-state index contributed by atoms with van der Waals surface area (Å²) in [5.74, 6) is 1.55. The largest absolute Gasteiger partial charge is 0.452 e. The Labute approximate surface area is 192 Å². The number of nitrogens with zero attached hydrogens (tertiary/aromatic N) is 1. The van der Waals surface area contributed by atoms with Crippen LogP contribution >= 0.6 is 0 Å². The molecule has 0 fully saturated rings. The Balaban J connectivity index is 2.07. The van der Waals surface area contributed by atoms with Gasteiger partial charge in [0.2, 0.25) is 5.88 Å². The number of terminal acetylenes is 2. The molecule has 2 N–H and O–H groups in total. The third-order valence-electron chi connectivity index (χ3n) is 4.80. The molecular weight excluding hydrogens is 453 g/mol. The molecule has 1 atom stereocenters. The SMILES string of the molecule is C#CCOC(=O)CC1C(C(=O)OCC#C)=C(N)Oc2ccc(-c3ccnc(C(F)(F)F)c3)cc21. The lowest BCUT2D eigenvalue weighted by molar-refractivity contribution is -0.143. The molecule has 34 heavy (non-hydrogen) atoms. The summed E-state index contributed by atoms with van der Waals surface area (Å²) < 4.78 is 54.8. The minimum Gasteiger partial charge on any atom is -0.452 e. The maximum absolute atomic E-state index is 13.1. The van der Waals surface area contributed by atoms with E-state index in [2.05, 4.69) is 16.8 Å². The highest BCUT2D eigenvalue weighted by atomic mass is 19.4. The van der Waals surface area contributed by atoms with Crippen molar-refractivity contribution in [3.63, 3.8) is 0 Å². The zero-order chi connectivity index (χ0) is 24.9. The standard InChI is InChI=1S/C24H17F3N2O5/c1-3-9-32-20(30)13-17-16-11-14(15-7-8-29-19(12-15)24(25,26)27)5-6-18(16)34-22(28)21(17)23(31)33-10-4-2/h1-2,5-8,11-12,17H,9-10,13,28H2. The molecule has 0 amide bonds. The zero-order valence-electron chi connectivity index (χ0n) is 17.5. The van der Waals surface area contributed by atoms with Crippen molar-refractivity contribution in [1.29, 1.82) is 0 Å². The van der Waals surface area contributed by atoms with Crippen molar-refractivity contribution >= 4 is 11.9 Å². The van der Waals surface area contributed by atoms with E-state index in [0.717, 1.165) is 12.3 Å². The predicted molar refractivity (Wildman–Crippen MR) is 113 cm³/mol. The summed E-state index contributed by atoms with van der Waals surface area (Å²) >= 11 is 0. The molecule has 10 heteroatoms. The van der Waals surface area contributed by atoms with Crippen molar-refractivity contribution in [3.8, 4) is 41.6 Å². The molecule has 0 bridgehead atoms. The van der Waals surface area contributed by atoms with Gasteiger partial charge in [0.15, 0.2) is 13.2 Å². The number of alkyl halides is 3. The average molecular weight is 470 g/mol. The number of hydrogen-bond donors (Lipinski definition) is 1. The lowest BCUT2D eigenvalue weighted by atomic mass is 9.84. The number of rotatable bonds is 6. The highest BCUT2D eigenvalue weighted by molar-refractivity contribution is 5.93. The molecule has 0 radical (unpaired) electrons. The number of pyridine rings is 1. The summed E-state index contributed by atoms with van der Waals surface area (Å²) in [6, 6.07) is 6.74. The number of aromatic nitrogens is 1. The van der Waals surface area contributed by atoms with Crippen LogP contribution in [-0.2, 0) is 25.2 Å². The maximum atomic E-state index is 13.1. The van der Waals surface area contributed by atoms with Crippen LogP contribution in [-0.4, -0.2) is 30.1 Å². The van der Waals surface area contributed by atoms with Crippen LogP contribution in [0.1, 0.15) is 23.6 Å². The maximum Gasteiger partial charge on any atom is 0.433 e. The van der Waals surface area contributed by atoms with Crippen molar-refractivity contribution in [2.75, 3.05) is 13.2 Å². The number of esters is 2. The van der Waals surface area contributed by atoms with Crippen LogP contribution < -0.4 is 10.5 Å². The van der Waals surface area contributed by atoms with Crippen molar-refractivity contribution in [1.82, 2.24) is 4.98 Å². The molecule has 0 saturated heterocycles. The molecule has 1 unspecified atom stereocenters. The van der Waals surface area contributed by atoms with Crippen molar-refractivity contribution in [2.24, 2.45) is 5.73 Å². The van der Waals surface area contributed by atoms with E-state index < -0.39 is 29.7 Å². The molecule has 1 aliphatic rings. The monoisotopic (exact) mass is 470 g/mol. The molecule has 7 nitrogen and oxygen atoms in total. The van der Waals surface area contributed by atoms with Crippen LogP contribution in [0.15, 0.2) is 48.0 Å². The van der Waals surface area contributed by atoms with E-state index in [1.165, 1.54) is 24.3 Å². The molecule has 1 aliphatic heterocycles. The van der Waals surface area contributed by atoms with Gasteiger partial charge in [0, 0.05) is 17.7 Å². The topological polar surface area (TPSA) is 101 Å². The Morgan fingerprint density at radius 1 is 1.09 bits per heavy atom. The number of ether oxygens (including phenoxy) is 3. The summed E-state index contributed by atoms with van der Waals surface area (Å²) in [5.41, 5.74) is 5.56. The first-order valence-electron chi connectivity index (χ1n) is 9.70. The van der Waals surface area contributed by atoms with Gasteiger partial charge < -0.3 is 19.9 Å². The molecular formula is C24H17F3N2O5. The molecule has 2 heterocycles. The number of halogens is 3. The fourth-order valence-corrected chi connectivity index (χ4v) is 3.35. The Morgan fingerprint density at radius 3 is 2.44 bits per heavy atom. The second kappa shape index (κ2) is 10.0. The van der Waals surface area contributed by atoms with E-state index in [0.29, 0.717) is 11.1 Å². The zero-order valence-corrected chi connectivity index (χ0v) is 17.5. The van der Waals surface area contributed by atoms with E-state index in [-0.39, 0.29) is 42.4 Å². The number of benzene rings is 1. The van der Waals surface area contributed by atoms with Crippen molar-refractivity contribution in [2.45, 2.75) is 18.5 Å². The Morgan fingerprint density at radius 2 is 1.76 bits per heavy atom. The first kappa shape index (κ1) is 24.2. The molecule has 1 aromatic carbocycles. The van der Waals surface area contributed by atoms with Gasteiger partial charge in [-0.25, -0.2) is 4.79 Å². The molecule has 1 aromatic heterocycles. The van der Waals surface area contributed by atoms with Crippen LogP contribution in [0.4, 0.5) is 13.2 Å². The summed E-state index contributed by atoms with van der Waals surface area (Å²) in [5, 5.41) is 0. The molecule has 2 aromatic rings. The summed E-state index contributed by atoms with van der Waals surface area (Å²) in [6.45, 7) is -0.643. The Bertz CT molecular complexity index is 1240. The van der Waals surface area contributed by atoms with Gasteiger partial charge in [0.25, 0.3) is 0 Å². The second-order valence-electron chi connectivity index (χ2n) is 6.96. The van der Waals surface area contributed by atoms with Crippen LogP contribution in [0.3, 0.4) is 0 Å². The molecule has 3 rings (SSSR count). The third kappa shape index (κ3) is 5.30.